The molecule has 1 heterocycles. The summed E-state index contributed by atoms with van der Waals surface area (Å²) >= 11 is 5.71. The van der Waals surface area contributed by atoms with Crippen LogP contribution in [-0.4, -0.2) is 21.4 Å². The Kier molecular flexibility index (Phi) is 5.69. The van der Waals surface area contributed by atoms with Gasteiger partial charge in [0, 0.05) is 30.5 Å². The average Bonchev–Trinajstić information content (AvgIpc) is 2.76. The maximum absolute atomic E-state index is 11.4. The van der Waals surface area contributed by atoms with Gasteiger partial charge < -0.3 is 0 Å². The van der Waals surface area contributed by atoms with Gasteiger partial charge in [-0.15, -0.1) is 11.6 Å². The van der Waals surface area contributed by atoms with E-state index in [9.17, 15) is 4.79 Å². The Balaban J connectivity index is 2.66. The molecule has 0 saturated carbocycles. The highest BCUT2D eigenvalue weighted by molar-refractivity contribution is 6.18. The van der Waals surface area contributed by atoms with Crippen LogP contribution in [0.2, 0.25) is 0 Å². The van der Waals surface area contributed by atoms with Crippen LogP contribution in [0.1, 0.15) is 45.3 Å². The zero-order chi connectivity index (χ0) is 12.8. The third-order valence-corrected chi connectivity index (χ3v) is 3.41. The van der Waals surface area contributed by atoms with E-state index in [1.165, 1.54) is 0 Å². The number of nitrogens with zero attached hydrogens (tertiary/aromatic N) is 2. The van der Waals surface area contributed by atoms with E-state index >= 15 is 0 Å². The monoisotopic (exact) mass is 256 g/mol. The lowest BCUT2D eigenvalue weighted by molar-refractivity contribution is -0.120. The third-order valence-electron chi connectivity index (χ3n) is 3.19. The molecule has 1 rings (SSSR count). The fourth-order valence-corrected chi connectivity index (χ4v) is 2.02. The van der Waals surface area contributed by atoms with Crippen molar-refractivity contribution in [2.24, 2.45) is 5.92 Å². The first-order valence-corrected chi connectivity index (χ1v) is 6.72. The zero-order valence-corrected chi connectivity index (χ0v) is 11.6. The molecular weight excluding hydrogens is 236 g/mol. The molecule has 0 N–H and O–H groups in total. The van der Waals surface area contributed by atoms with E-state index < -0.39 is 0 Å². The topological polar surface area (TPSA) is 34.9 Å². The van der Waals surface area contributed by atoms with Crippen molar-refractivity contribution in [3.63, 3.8) is 0 Å². The van der Waals surface area contributed by atoms with Gasteiger partial charge in [0.2, 0.25) is 0 Å². The summed E-state index contributed by atoms with van der Waals surface area (Å²) in [5.74, 6) is 0.729. The maximum Gasteiger partial charge on any atom is 0.133 e. The number of halogens is 1. The summed E-state index contributed by atoms with van der Waals surface area (Å²) in [4.78, 5) is 11.4. The normalized spacial score (nSPS) is 14.6. The molecule has 0 bridgehead atoms. The van der Waals surface area contributed by atoms with Crippen LogP contribution in [-0.2, 0) is 11.2 Å². The molecule has 1 aromatic rings. The van der Waals surface area contributed by atoms with Crippen molar-refractivity contribution in [1.82, 2.24) is 9.78 Å². The van der Waals surface area contributed by atoms with Crippen molar-refractivity contribution in [3.8, 4) is 0 Å². The van der Waals surface area contributed by atoms with E-state index in [0.717, 1.165) is 18.5 Å². The number of ketones is 1. The van der Waals surface area contributed by atoms with Gasteiger partial charge >= 0.3 is 0 Å². The quantitative estimate of drug-likeness (QED) is 0.702. The minimum atomic E-state index is 0.00721. The summed E-state index contributed by atoms with van der Waals surface area (Å²) in [5, 5.41) is 4.51. The van der Waals surface area contributed by atoms with E-state index in [4.69, 9.17) is 11.6 Å². The van der Waals surface area contributed by atoms with Crippen LogP contribution in [0.25, 0.3) is 0 Å². The molecule has 3 nitrogen and oxygen atoms in total. The molecule has 0 aromatic carbocycles. The molecule has 0 spiro atoms. The van der Waals surface area contributed by atoms with Crippen molar-refractivity contribution < 1.29 is 4.79 Å². The number of hydrogen-bond donors (Lipinski definition) is 0. The van der Waals surface area contributed by atoms with Crippen molar-refractivity contribution in [2.45, 2.75) is 46.1 Å². The van der Waals surface area contributed by atoms with E-state index in [1.54, 1.807) is 6.92 Å². The van der Waals surface area contributed by atoms with Gasteiger partial charge in [0.05, 0.1) is 5.69 Å². The largest absolute Gasteiger partial charge is 0.300 e. The van der Waals surface area contributed by atoms with Gasteiger partial charge in [0.1, 0.15) is 5.78 Å². The SMILES string of the molecule is CCC(C)n1ccc(CC(CCCl)C(C)=O)n1. The predicted octanol–water partition coefficient (Wildman–Crippen LogP) is 3.23. The van der Waals surface area contributed by atoms with Crippen molar-refractivity contribution in [2.75, 3.05) is 5.88 Å². The Morgan fingerprint density at radius 2 is 2.29 bits per heavy atom. The molecule has 0 saturated heterocycles. The second kappa shape index (κ2) is 6.80. The number of aromatic nitrogens is 2. The van der Waals surface area contributed by atoms with E-state index in [-0.39, 0.29) is 11.7 Å². The van der Waals surface area contributed by atoms with Gasteiger partial charge in [0.25, 0.3) is 0 Å². The molecule has 0 radical (unpaired) electrons. The highest BCUT2D eigenvalue weighted by Gasteiger charge is 2.16. The number of carbonyl (C=O) groups excluding carboxylic acids is 1. The molecule has 2 unspecified atom stereocenters. The zero-order valence-electron chi connectivity index (χ0n) is 10.8. The van der Waals surface area contributed by atoms with Gasteiger partial charge in [-0.05, 0) is 32.8 Å². The van der Waals surface area contributed by atoms with Gasteiger partial charge in [0.15, 0.2) is 0 Å². The summed E-state index contributed by atoms with van der Waals surface area (Å²) in [6, 6.07) is 2.41. The Bertz CT molecular complexity index is 362. The van der Waals surface area contributed by atoms with E-state index in [2.05, 4.69) is 18.9 Å². The highest BCUT2D eigenvalue weighted by Crippen LogP contribution is 2.15. The highest BCUT2D eigenvalue weighted by atomic mass is 35.5. The van der Waals surface area contributed by atoms with Gasteiger partial charge in [-0.2, -0.15) is 5.10 Å². The Labute approximate surface area is 108 Å². The van der Waals surface area contributed by atoms with Gasteiger partial charge in [-0.25, -0.2) is 0 Å². The number of Topliss-reactive ketones (excluding diaryl/α,β-unsaturated/α-hetero) is 1. The van der Waals surface area contributed by atoms with Crippen LogP contribution in [0.4, 0.5) is 0 Å². The smallest absolute Gasteiger partial charge is 0.133 e. The third kappa shape index (κ3) is 4.15. The van der Waals surface area contributed by atoms with E-state index in [1.807, 2.05) is 16.9 Å². The summed E-state index contributed by atoms with van der Waals surface area (Å²) in [5.41, 5.74) is 0.982. The van der Waals surface area contributed by atoms with Crippen LogP contribution in [0, 0.1) is 5.92 Å². The van der Waals surface area contributed by atoms with Gasteiger partial charge in [-0.3, -0.25) is 9.48 Å². The first kappa shape index (κ1) is 14.2. The number of alkyl halides is 1. The number of carbonyl (C=O) groups is 1. The van der Waals surface area contributed by atoms with Crippen LogP contribution in [0.5, 0.6) is 0 Å². The van der Waals surface area contributed by atoms with Crippen LogP contribution in [0.3, 0.4) is 0 Å². The molecule has 4 heteroatoms. The lowest BCUT2D eigenvalue weighted by atomic mass is 9.96. The van der Waals surface area contributed by atoms with Crippen molar-refractivity contribution in [3.05, 3.63) is 18.0 Å². The minimum Gasteiger partial charge on any atom is -0.300 e. The summed E-state index contributed by atoms with van der Waals surface area (Å²) < 4.78 is 1.97. The molecule has 0 aliphatic carbocycles. The Morgan fingerprint density at radius 1 is 1.59 bits per heavy atom. The fourth-order valence-electron chi connectivity index (χ4n) is 1.75. The van der Waals surface area contributed by atoms with Crippen molar-refractivity contribution >= 4 is 17.4 Å². The second-order valence-electron chi connectivity index (χ2n) is 4.53. The van der Waals surface area contributed by atoms with Crippen molar-refractivity contribution in [1.29, 1.82) is 0 Å². The predicted molar refractivity (Wildman–Crippen MR) is 70.4 cm³/mol. The maximum atomic E-state index is 11.4. The second-order valence-corrected chi connectivity index (χ2v) is 4.91. The lowest BCUT2D eigenvalue weighted by Gasteiger charge is -2.11. The number of rotatable bonds is 7. The van der Waals surface area contributed by atoms with Gasteiger partial charge in [-0.1, -0.05) is 6.92 Å². The molecule has 0 fully saturated rings. The number of hydrogen-bond acceptors (Lipinski definition) is 2. The summed E-state index contributed by atoms with van der Waals surface area (Å²) in [6.45, 7) is 5.90. The molecule has 0 aliphatic heterocycles. The lowest BCUT2D eigenvalue weighted by Crippen LogP contribution is -2.15. The standard InChI is InChI=1S/C13H21ClN2O/c1-4-10(2)16-8-6-13(15-16)9-12(5-7-14)11(3)17/h6,8,10,12H,4-5,7,9H2,1-3H3. The molecule has 17 heavy (non-hydrogen) atoms. The van der Waals surface area contributed by atoms with Crippen LogP contribution in [0.15, 0.2) is 12.3 Å². The first-order valence-electron chi connectivity index (χ1n) is 6.18. The Morgan fingerprint density at radius 3 is 2.82 bits per heavy atom. The fraction of sp³-hybridized carbons (Fsp3) is 0.692. The molecule has 1 aromatic heterocycles. The molecular formula is C13H21ClN2O. The average molecular weight is 257 g/mol. The van der Waals surface area contributed by atoms with E-state index in [0.29, 0.717) is 18.3 Å². The molecule has 0 aliphatic rings. The Hall–Kier alpha value is -0.830. The van der Waals surface area contributed by atoms with Crippen LogP contribution < -0.4 is 0 Å². The first-order chi connectivity index (χ1) is 8.08. The summed E-state index contributed by atoms with van der Waals surface area (Å²) in [7, 11) is 0. The molecule has 0 amide bonds. The molecule has 96 valence electrons. The summed E-state index contributed by atoms with van der Waals surface area (Å²) in [6.07, 6.45) is 4.47. The van der Waals surface area contributed by atoms with Crippen LogP contribution >= 0.6 is 11.6 Å². The minimum absolute atomic E-state index is 0.00721. The molecule has 2 atom stereocenters.